The molecule has 26 heavy (non-hydrogen) atoms. The van der Waals surface area contributed by atoms with Gasteiger partial charge in [0.1, 0.15) is 10.0 Å². The molecule has 138 valence electrons. The van der Waals surface area contributed by atoms with Gasteiger partial charge in [0.05, 0.1) is 30.6 Å². The van der Waals surface area contributed by atoms with E-state index in [0.29, 0.717) is 22.1 Å². The van der Waals surface area contributed by atoms with Gasteiger partial charge in [-0.3, -0.25) is 10.1 Å². The lowest BCUT2D eigenvalue weighted by Gasteiger charge is -2.11. The van der Waals surface area contributed by atoms with Crippen LogP contribution in [-0.2, 0) is 9.53 Å². The van der Waals surface area contributed by atoms with Crippen molar-refractivity contribution < 1.29 is 19.1 Å². The van der Waals surface area contributed by atoms with Gasteiger partial charge >= 0.3 is 12.0 Å². The van der Waals surface area contributed by atoms with Crippen molar-refractivity contribution >= 4 is 34.2 Å². The Labute approximate surface area is 152 Å². The first-order chi connectivity index (χ1) is 12.5. The summed E-state index contributed by atoms with van der Waals surface area (Å²) in [6.45, 7) is 4.04. The predicted octanol–water partition coefficient (Wildman–Crippen LogP) is 0.824. The lowest BCUT2D eigenvalue weighted by molar-refractivity contribution is -0.119. The van der Waals surface area contributed by atoms with Crippen molar-refractivity contribution in [2.45, 2.75) is 26.3 Å². The van der Waals surface area contributed by atoms with Crippen molar-refractivity contribution in [2.24, 2.45) is 0 Å². The Balaban J connectivity index is 1.84. The topological polar surface area (TPSA) is 127 Å². The molecular weight excluding hydrogens is 360 g/mol. The molecule has 0 radical (unpaired) electrons. The van der Waals surface area contributed by atoms with Crippen molar-refractivity contribution in [3.63, 3.8) is 0 Å². The summed E-state index contributed by atoms with van der Waals surface area (Å²) in [5.74, 6) is -0.644. The van der Waals surface area contributed by atoms with Crippen LogP contribution in [0.5, 0.6) is 0 Å². The molecule has 0 spiro atoms. The second-order valence-corrected chi connectivity index (χ2v) is 6.58. The number of carbonyl (C=O) groups excluding carboxylic acids is 3. The van der Waals surface area contributed by atoms with Gasteiger partial charge in [-0.15, -0.1) is 4.80 Å². The minimum atomic E-state index is -0.535. The van der Waals surface area contributed by atoms with Crippen LogP contribution in [0.2, 0.25) is 0 Å². The minimum Gasteiger partial charge on any atom is -0.462 e. The number of hydrogen-bond acceptors (Lipinski definition) is 7. The summed E-state index contributed by atoms with van der Waals surface area (Å²) in [4.78, 5) is 37.2. The molecule has 0 aliphatic carbocycles. The van der Waals surface area contributed by atoms with E-state index in [1.807, 2.05) is 0 Å². The van der Waals surface area contributed by atoms with Gasteiger partial charge in [-0.25, -0.2) is 9.59 Å². The number of urea groups is 1. The Hall–Kier alpha value is -2.95. The fourth-order valence-corrected chi connectivity index (χ4v) is 3.69. The van der Waals surface area contributed by atoms with Gasteiger partial charge in [-0.1, -0.05) is 11.3 Å². The molecule has 1 aliphatic rings. The zero-order chi connectivity index (χ0) is 18.7. The quantitative estimate of drug-likeness (QED) is 0.661. The van der Waals surface area contributed by atoms with Gasteiger partial charge in [-0.2, -0.15) is 10.2 Å². The standard InChI is InChI=1S/C15H18N6O4S/c1-3-25-14(23)11-8(2)13(21-17-4-5-18-21)26-12(11)20-15(24)19-9-6-10(22)16-7-9/h4-5,9H,3,6-7H2,1-2H3,(H,16,22)(H2,19,20,24). The van der Waals surface area contributed by atoms with Crippen molar-refractivity contribution in [2.75, 3.05) is 18.5 Å². The molecule has 10 nitrogen and oxygen atoms in total. The third kappa shape index (κ3) is 3.67. The van der Waals surface area contributed by atoms with E-state index >= 15 is 0 Å². The first kappa shape index (κ1) is 17.9. The third-order valence-corrected chi connectivity index (χ3v) is 4.91. The number of nitrogens with one attached hydrogen (secondary N) is 3. The summed E-state index contributed by atoms with van der Waals surface area (Å²) in [5, 5.41) is 17.1. The first-order valence-electron chi connectivity index (χ1n) is 8.01. The number of thiophene rings is 1. The van der Waals surface area contributed by atoms with Crippen molar-refractivity contribution in [3.05, 3.63) is 23.5 Å². The van der Waals surface area contributed by atoms with Crippen LogP contribution < -0.4 is 16.0 Å². The summed E-state index contributed by atoms with van der Waals surface area (Å²) in [5.41, 5.74) is 0.873. The van der Waals surface area contributed by atoms with Gasteiger partial charge in [0, 0.05) is 18.5 Å². The van der Waals surface area contributed by atoms with Crippen LogP contribution in [0.15, 0.2) is 12.4 Å². The third-order valence-electron chi connectivity index (χ3n) is 3.74. The van der Waals surface area contributed by atoms with Gasteiger partial charge < -0.3 is 15.4 Å². The van der Waals surface area contributed by atoms with Crippen LogP contribution >= 0.6 is 11.3 Å². The number of aromatic nitrogens is 3. The fourth-order valence-electron chi connectivity index (χ4n) is 2.58. The number of esters is 1. The minimum absolute atomic E-state index is 0.110. The molecule has 11 heteroatoms. The second kappa shape index (κ2) is 7.52. The maximum Gasteiger partial charge on any atom is 0.341 e. The number of nitrogens with zero attached hydrogens (tertiary/aromatic N) is 3. The Morgan fingerprint density at radius 2 is 2.15 bits per heavy atom. The summed E-state index contributed by atoms with van der Waals surface area (Å²) in [6, 6.07) is -0.792. The molecule has 0 saturated carbocycles. The predicted molar refractivity (Wildman–Crippen MR) is 93.5 cm³/mol. The zero-order valence-corrected chi connectivity index (χ0v) is 15.1. The second-order valence-electron chi connectivity index (χ2n) is 5.58. The molecule has 3 amide bonds. The zero-order valence-electron chi connectivity index (χ0n) is 14.2. The van der Waals surface area contributed by atoms with E-state index in [-0.39, 0.29) is 30.5 Å². The highest BCUT2D eigenvalue weighted by atomic mass is 32.1. The fraction of sp³-hybridized carbons (Fsp3) is 0.400. The Morgan fingerprint density at radius 1 is 1.42 bits per heavy atom. The Morgan fingerprint density at radius 3 is 2.77 bits per heavy atom. The van der Waals surface area contributed by atoms with Crippen LogP contribution in [0.25, 0.3) is 5.00 Å². The van der Waals surface area contributed by atoms with E-state index < -0.39 is 12.0 Å². The highest BCUT2D eigenvalue weighted by Gasteiger charge is 2.27. The van der Waals surface area contributed by atoms with Crippen LogP contribution in [0.3, 0.4) is 0 Å². The van der Waals surface area contributed by atoms with E-state index in [1.54, 1.807) is 13.8 Å². The van der Waals surface area contributed by atoms with Gasteiger partial charge in [0.25, 0.3) is 0 Å². The lowest BCUT2D eigenvalue weighted by Crippen LogP contribution is -2.39. The summed E-state index contributed by atoms with van der Waals surface area (Å²) in [7, 11) is 0. The smallest absolute Gasteiger partial charge is 0.341 e. The molecule has 0 aromatic carbocycles. The molecule has 3 heterocycles. The molecule has 1 atom stereocenters. The summed E-state index contributed by atoms with van der Waals surface area (Å²) in [6.07, 6.45) is 3.27. The van der Waals surface area contributed by atoms with E-state index in [0.717, 1.165) is 0 Å². The number of amides is 3. The highest BCUT2D eigenvalue weighted by molar-refractivity contribution is 7.19. The SMILES string of the molecule is CCOC(=O)c1c(NC(=O)NC2CNC(=O)C2)sc(-n2nccn2)c1C. The number of hydrogen-bond donors (Lipinski definition) is 3. The lowest BCUT2D eigenvalue weighted by atomic mass is 10.2. The molecule has 3 N–H and O–H groups in total. The van der Waals surface area contributed by atoms with Gasteiger partial charge in [0.15, 0.2) is 0 Å². The number of anilines is 1. The summed E-state index contributed by atoms with van der Waals surface area (Å²) < 4.78 is 5.10. The van der Waals surface area contributed by atoms with Gasteiger partial charge in [-0.05, 0) is 13.8 Å². The maximum absolute atomic E-state index is 12.3. The maximum atomic E-state index is 12.3. The summed E-state index contributed by atoms with van der Waals surface area (Å²) >= 11 is 1.17. The molecule has 2 aromatic heterocycles. The van der Waals surface area contributed by atoms with Crippen molar-refractivity contribution in [1.29, 1.82) is 0 Å². The highest BCUT2D eigenvalue weighted by Crippen LogP contribution is 2.35. The van der Waals surface area contributed by atoms with Crippen LogP contribution in [-0.4, -0.2) is 52.1 Å². The monoisotopic (exact) mass is 378 g/mol. The Bertz CT molecular complexity index is 832. The molecule has 1 fully saturated rings. The number of rotatable bonds is 5. The van der Waals surface area contributed by atoms with Crippen LogP contribution in [0.1, 0.15) is 29.3 Å². The van der Waals surface area contributed by atoms with Crippen molar-refractivity contribution in [1.82, 2.24) is 25.6 Å². The van der Waals surface area contributed by atoms with E-state index in [2.05, 4.69) is 26.1 Å². The average molecular weight is 378 g/mol. The molecular formula is C15H18N6O4S. The largest absolute Gasteiger partial charge is 0.462 e. The number of ether oxygens (including phenoxy) is 1. The van der Waals surface area contributed by atoms with Crippen LogP contribution in [0.4, 0.5) is 9.80 Å². The average Bonchev–Trinajstić information content (AvgIpc) is 3.29. The van der Waals surface area contributed by atoms with Crippen molar-refractivity contribution in [3.8, 4) is 5.00 Å². The normalized spacial score (nSPS) is 16.2. The molecule has 2 aromatic rings. The first-order valence-corrected chi connectivity index (χ1v) is 8.82. The van der Waals surface area contributed by atoms with E-state index in [4.69, 9.17) is 4.74 Å². The molecule has 1 unspecified atom stereocenters. The Kier molecular flexibility index (Phi) is 5.16. The number of carbonyl (C=O) groups is 3. The molecule has 3 rings (SSSR count). The molecule has 0 bridgehead atoms. The van der Waals surface area contributed by atoms with Crippen LogP contribution in [0, 0.1) is 6.92 Å². The van der Waals surface area contributed by atoms with E-state index in [1.165, 1.54) is 28.5 Å². The van der Waals surface area contributed by atoms with Gasteiger partial charge in [0.2, 0.25) is 5.91 Å². The van der Waals surface area contributed by atoms with E-state index in [9.17, 15) is 14.4 Å². The molecule has 1 saturated heterocycles. The molecule has 1 aliphatic heterocycles.